The van der Waals surface area contributed by atoms with E-state index in [0.29, 0.717) is 0 Å². The van der Waals surface area contributed by atoms with Gasteiger partial charge in [-0.2, -0.15) is 4.31 Å². The van der Waals surface area contributed by atoms with E-state index in [1.165, 1.54) is 19.2 Å². The van der Waals surface area contributed by atoms with E-state index in [2.05, 4.69) is 21.2 Å². The zero-order valence-corrected chi connectivity index (χ0v) is 16.1. The van der Waals surface area contributed by atoms with Crippen LogP contribution in [0.3, 0.4) is 0 Å². The maximum absolute atomic E-state index is 12.9. The van der Waals surface area contributed by atoms with Crippen LogP contribution >= 0.6 is 15.9 Å². The molecule has 134 valence electrons. The molecule has 0 radical (unpaired) electrons. The van der Waals surface area contributed by atoms with Gasteiger partial charge in [-0.05, 0) is 48.9 Å². The first-order chi connectivity index (χ1) is 11.7. The van der Waals surface area contributed by atoms with E-state index in [1.54, 1.807) is 0 Å². The standard InChI is InChI=1S/C17H18BrFN2O3S/c1-12(13-3-5-14(18)6-4-13)20-17(22)11-21(2)25(23,24)16-9-7-15(19)8-10-16/h3-10,12H,11H2,1-2H3,(H,20,22)/t12-/m0/s1. The van der Waals surface area contributed by atoms with Crippen molar-refractivity contribution in [1.29, 1.82) is 0 Å². The highest BCUT2D eigenvalue weighted by atomic mass is 79.9. The Morgan fingerprint density at radius 2 is 1.72 bits per heavy atom. The average Bonchev–Trinajstić information content (AvgIpc) is 2.55. The van der Waals surface area contributed by atoms with Gasteiger partial charge in [-0.1, -0.05) is 28.1 Å². The summed E-state index contributed by atoms with van der Waals surface area (Å²) in [5.41, 5.74) is 0.903. The minimum Gasteiger partial charge on any atom is -0.348 e. The molecule has 25 heavy (non-hydrogen) atoms. The summed E-state index contributed by atoms with van der Waals surface area (Å²) in [6.07, 6.45) is 0. The fourth-order valence-corrected chi connectivity index (χ4v) is 3.59. The molecule has 2 aromatic carbocycles. The van der Waals surface area contributed by atoms with E-state index in [4.69, 9.17) is 0 Å². The van der Waals surface area contributed by atoms with Gasteiger partial charge in [-0.15, -0.1) is 0 Å². The summed E-state index contributed by atoms with van der Waals surface area (Å²) in [6, 6.07) is 11.7. The van der Waals surface area contributed by atoms with Gasteiger partial charge >= 0.3 is 0 Å². The van der Waals surface area contributed by atoms with Gasteiger partial charge in [0.15, 0.2) is 0 Å². The molecule has 1 atom stereocenters. The predicted molar refractivity (Wildman–Crippen MR) is 96.9 cm³/mol. The second-order valence-corrected chi connectivity index (χ2v) is 8.52. The molecule has 0 aliphatic carbocycles. The van der Waals surface area contributed by atoms with Gasteiger partial charge in [0.05, 0.1) is 17.5 Å². The molecule has 0 spiro atoms. The zero-order valence-electron chi connectivity index (χ0n) is 13.7. The van der Waals surface area contributed by atoms with Crippen molar-refractivity contribution in [3.05, 3.63) is 64.4 Å². The van der Waals surface area contributed by atoms with Gasteiger partial charge in [0, 0.05) is 11.5 Å². The lowest BCUT2D eigenvalue weighted by Crippen LogP contribution is -2.39. The highest BCUT2D eigenvalue weighted by Gasteiger charge is 2.23. The normalized spacial score (nSPS) is 12.8. The van der Waals surface area contributed by atoms with E-state index in [1.807, 2.05) is 31.2 Å². The van der Waals surface area contributed by atoms with Crippen LogP contribution < -0.4 is 5.32 Å². The van der Waals surface area contributed by atoms with Crippen LogP contribution in [0.1, 0.15) is 18.5 Å². The van der Waals surface area contributed by atoms with Crippen molar-refractivity contribution in [2.45, 2.75) is 17.9 Å². The molecule has 0 saturated heterocycles. The van der Waals surface area contributed by atoms with E-state index >= 15 is 0 Å². The summed E-state index contributed by atoms with van der Waals surface area (Å²) in [5.74, 6) is -0.953. The number of hydrogen-bond donors (Lipinski definition) is 1. The molecule has 8 heteroatoms. The number of nitrogens with one attached hydrogen (secondary N) is 1. The molecule has 0 unspecified atom stereocenters. The quantitative estimate of drug-likeness (QED) is 0.768. The van der Waals surface area contributed by atoms with Crippen molar-refractivity contribution in [1.82, 2.24) is 9.62 Å². The fourth-order valence-electron chi connectivity index (χ4n) is 2.20. The molecule has 0 aliphatic rings. The van der Waals surface area contributed by atoms with Crippen LogP contribution in [0, 0.1) is 5.82 Å². The number of carbonyl (C=O) groups is 1. The number of rotatable bonds is 6. The molecular weight excluding hydrogens is 411 g/mol. The molecule has 5 nitrogen and oxygen atoms in total. The first kappa shape index (κ1) is 19.6. The third-order valence-corrected chi connectivity index (χ3v) is 5.98. The Kier molecular flexibility index (Phi) is 6.31. The number of nitrogens with zero attached hydrogens (tertiary/aromatic N) is 1. The summed E-state index contributed by atoms with van der Waals surface area (Å²) < 4.78 is 39.6. The van der Waals surface area contributed by atoms with E-state index in [-0.39, 0.29) is 17.5 Å². The summed E-state index contributed by atoms with van der Waals surface area (Å²) in [5, 5.41) is 2.76. The van der Waals surface area contributed by atoms with Crippen molar-refractivity contribution in [3.8, 4) is 0 Å². The van der Waals surface area contributed by atoms with Gasteiger partial charge in [0.25, 0.3) is 0 Å². The molecule has 1 N–H and O–H groups in total. The van der Waals surface area contributed by atoms with Crippen LogP contribution in [-0.4, -0.2) is 32.2 Å². The Bertz CT molecular complexity index is 839. The summed E-state index contributed by atoms with van der Waals surface area (Å²) in [7, 11) is -2.55. The van der Waals surface area contributed by atoms with Crippen molar-refractivity contribution in [2.75, 3.05) is 13.6 Å². The molecule has 0 fully saturated rings. The molecule has 0 heterocycles. The maximum atomic E-state index is 12.9. The second-order valence-electron chi connectivity index (χ2n) is 5.56. The third-order valence-electron chi connectivity index (χ3n) is 3.64. The number of hydrogen-bond acceptors (Lipinski definition) is 3. The van der Waals surface area contributed by atoms with Crippen LogP contribution in [-0.2, 0) is 14.8 Å². The van der Waals surface area contributed by atoms with Crippen LogP contribution in [0.4, 0.5) is 4.39 Å². The Labute approximate surface area is 155 Å². The molecule has 1 amide bonds. The van der Waals surface area contributed by atoms with Crippen molar-refractivity contribution >= 4 is 31.9 Å². The highest BCUT2D eigenvalue weighted by Crippen LogP contribution is 2.17. The fraction of sp³-hybridized carbons (Fsp3) is 0.235. The number of halogens is 2. The molecular formula is C17H18BrFN2O3S. The molecule has 2 aromatic rings. The number of carbonyl (C=O) groups excluding carboxylic acids is 1. The Morgan fingerprint density at radius 3 is 2.28 bits per heavy atom. The molecule has 2 rings (SSSR count). The lowest BCUT2D eigenvalue weighted by Gasteiger charge is -2.19. The highest BCUT2D eigenvalue weighted by molar-refractivity contribution is 9.10. The summed E-state index contributed by atoms with van der Waals surface area (Å²) in [4.78, 5) is 12.1. The summed E-state index contributed by atoms with van der Waals surface area (Å²) in [6.45, 7) is 1.48. The number of benzene rings is 2. The van der Waals surface area contributed by atoms with Gasteiger partial charge in [0.1, 0.15) is 5.82 Å². The minimum atomic E-state index is -3.86. The SMILES string of the molecule is C[C@H](NC(=O)CN(C)S(=O)(=O)c1ccc(F)cc1)c1ccc(Br)cc1. The van der Waals surface area contributed by atoms with E-state index in [0.717, 1.165) is 26.5 Å². The van der Waals surface area contributed by atoms with Crippen molar-refractivity contribution in [2.24, 2.45) is 0 Å². The van der Waals surface area contributed by atoms with Crippen LogP contribution in [0.15, 0.2) is 57.9 Å². The molecule has 0 aromatic heterocycles. The molecule has 0 bridgehead atoms. The van der Waals surface area contributed by atoms with Crippen molar-refractivity contribution < 1.29 is 17.6 Å². The van der Waals surface area contributed by atoms with Gasteiger partial charge in [-0.3, -0.25) is 4.79 Å². The van der Waals surface area contributed by atoms with Crippen LogP contribution in [0.2, 0.25) is 0 Å². The van der Waals surface area contributed by atoms with Gasteiger partial charge in [0.2, 0.25) is 15.9 Å². The summed E-state index contributed by atoms with van der Waals surface area (Å²) >= 11 is 3.34. The van der Waals surface area contributed by atoms with E-state index in [9.17, 15) is 17.6 Å². The van der Waals surface area contributed by atoms with Crippen molar-refractivity contribution in [3.63, 3.8) is 0 Å². The monoisotopic (exact) mass is 428 g/mol. The minimum absolute atomic E-state index is 0.0647. The molecule has 0 aliphatic heterocycles. The topological polar surface area (TPSA) is 66.5 Å². The van der Waals surface area contributed by atoms with E-state index < -0.39 is 21.7 Å². The third kappa shape index (κ3) is 5.10. The maximum Gasteiger partial charge on any atom is 0.243 e. The molecule has 0 saturated carbocycles. The Balaban J connectivity index is 2.01. The Morgan fingerprint density at radius 1 is 1.16 bits per heavy atom. The van der Waals surface area contributed by atoms with Gasteiger partial charge in [-0.25, -0.2) is 12.8 Å². The average molecular weight is 429 g/mol. The van der Waals surface area contributed by atoms with Crippen LogP contribution in [0.25, 0.3) is 0 Å². The zero-order chi connectivity index (χ0) is 18.6. The first-order valence-corrected chi connectivity index (χ1v) is 9.70. The largest absolute Gasteiger partial charge is 0.348 e. The van der Waals surface area contributed by atoms with Gasteiger partial charge < -0.3 is 5.32 Å². The Hall–Kier alpha value is -1.77. The lowest BCUT2D eigenvalue weighted by atomic mass is 10.1. The first-order valence-electron chi connectivity index (χ1n) is 7.47. The predicted octanol–water partition coefficient (Wildman–Crippen LogP) is 3.09. The number of amides is 1. The second kappa shape index (κ2) is 8.07. The number of sulfonamides is 1. The lowest BCUT2D eigenvalue weighted by molar-refractivity contribution is -0.121. The smallest absolute Gasteiger partial charge is 0.243 e. The van der Waals surface area contributed by atoms with Crippen LogP contribution in [0.5, 0.6) is 0 Å². The number of likely N-dealkylation sites (N-methyl/N-ethyl adjacent to an activating group) is 1.